The summed E-state index contributed by atoms with van der Waals surface area (Å²) in [6.45, 7) is 0. The molecule has 0 aliphatic carbocycles. The van der Waals surface area contributed by atoms with Crippen LogP contribution in [0.3, 0.4) is 0 Å². The average Bonchev–Trinajstić information content (AvgIpc) is 2.36. The van der Waals surface area contributed by atoms with Gasteiger partial charge in [-0.2, -0.15) is 0 Å². The second-order valence-electron chi connectivity index (χ2n) is 3.83. The molecule has 0 spiro atoms. The zero-order valence-corrected chi connectivity index (χ0v) is 11.4. The fraction of sp³-hybridized carbons (Fsp3) is 0. The van der Waals surface area contributed by atoms with Crippen molar-refractivity contribution in [3.8, 4) is 0 Å². The molecule has 0 bridgehead atoms. The van der Waals surface area contributed by atoms with Crippen molar-refractivity contribution in [2.24, 2.45) is 0 Å². The van der Waals surface area contributed by atoms with Crippen LogP contribution >= 0.6 is 15.9 Å². The molecule has 2 aromatic carbocycles. The van der Waals surface area contributed by atoms with Gasteiger partial charge in [-0.15, -0.1) is 0 Å². The van der Waals surface area contributed by atoms with Crippen molar-refractivity contribution < 1.29 is 9.18 Å². The zero-order valence-electron chi connectivity index (χ0n) is 9.78. The van der Waals surface area contributed by atoms with E-state index < -0.39 is 6.03 Å². The molecule has 0 aliphatic heterocycles. The second kappa shape index (κ2) is 5.71. The van der Waals surface area contributed by atoms with E-state index in [2.05, 4.69) is 26.6 Å². The van der Waals surface area contributed by atoms with Gasteiger partial charge in [-0.1, -0.05) is 0 Å². The second-order valence-corrected chi connectivity index (χ2v) is 4.68. The van der Waals surface area contributed by atoms with Crippen LogP contribution in [0.5, 0.6) is 0 Å². The van der Waals surface area contributed by atoms with Crippen LogP contribution in [0.4, 0.5) is 26.2 Å². The monoisotopic (exact) mass is 323 g/mol. The van der Waals surface area contributed by atoms with Crippen molar-refractivity contribution in [2.45, 2.75) is 0 Å². The van der Waals surface area contributed by atoms with E-state index in [4.69, 9.17) is 5.73 Å². The standard InChI is InChI=1S/C13H11BrFN3O/c14-11-7-8(15)1-6-12(11)18-13(19)17-10-4-2-9(16)3-5-10/h1-7H,16H2,(H2,17,18,19). The lowest BCUT2D eigenvalue weighted by molar-refractivity contribution is 0.262. The molecule has 0 radical (unpaired) electrons. The largest absolute Gasteiger partial charge is 0.399 e. The Balaban J connectivity index is 2.03. The molecule has 0 unspecified atom stereocenters. The first-order valence-corrected chi connectivity index (χ1v) is 6.22. The number of nitrogen functional groups attached to an aromatic ring is 1. The minimum Gasteiger partial charge on any atom is -0.399 e. The quantitative estimate of drug-likeness (QED) is 0.735. The van der Waals surface area contributed by atoms with Crippen molar-refractivity contribution in [3.63, 3.8) is 0 Å². The lowest BCUT2D eigenvalue weighted by Gasteiger charge is -2.09. The topological polar surface area (TPSA) is 67.1 Å². The Kier molecular flexibility index (Phi) is 4.01. The van der Waals surface area contributed by atoms with Gasteiger partial charge in [0.1, 0.15) is 5.82 Å². The lowest BCUT2D eigenvalue weighted by Crippen LogP contribution is -2.19. The van der Waals surface area contributed by atoms with Gasteiger partial charge in [-0.25, -0.2) is 9.18 Å². The van der Waals surface area contributed by atoms with Gasteiger partial charge in [0.05, 0.1) is 5.69 Å². The first-order chi connectivity index (χ1) is 9.04. The first kappa shape index (κ1) is 13.4. The summed E-state index contributed by atoms with van der Waals surface area (Å²) in [6.07, 6.45) is 0. The number of carbonyl (C=O) groups excluding carboxylic acids is 1. The molecule has 2 amide bonds. The van der Waals surface area contributed by atoms with Crippen LogP contribution in [0.15, 0.2) is 46.9 Å². The molecule has 19 heavy (non-hydrogen) atoms. The molecule has 6 heteroatoms. The van der Waals surface area contributed by atoms with E-state index in [1.54, 1.807) is 24.3 Å². The normalized spacial score (nSPS) is 10.0. The van der Waals surface area contributed by atoms with Gasteiger partial charge >= 0.3 is 6.03 Å². The molecular weight excluding hydrogens is 313 g/mol. The summed E-state index contributed by atoms with van der Waals surface area (Å²) in [5.74, 6) is -0.378. The van der Waals surface area contributed by atoms with E-state index in [-0.39, 0.29) is 5.82 Å². The van der Waals surface area contributed by atoms with E-state index in [1.807, 2.05) is 0 Å². The SMILES string of the molecule is Nc1ccc(NC(=O)Nc2ccc(F)cc2Br)cc1. The molecule has 0 aromatic heterocycles. The first-order valence-electron chi connectivity index (χ1n) is 5.43. The average molecular weight is 324 g/mol. The Morgan fingerprint density at radius 1 is 1.11 bits per heavy atom. The molecule has 0 atom stereocenters. The Morgan fingerprint density at radius 3 is 2.42 bits per heavy atom. The zero-order chi connectivity index (χ0) is 13.8. The minimum atomic E-state index is -0.419. The van der Waals surface area contributed by atoms with Crippen LogP contribution in [0.25, 0.3) is 0 Å². The molecule has 4 nitrogen and oxygen atoms in total. The van der Waals surface area contributed by atoms with Crippen LogP contribution in [0, 0.1) is 5.82 Å². The maximum absolute atomic E-state index is 12.9. The number of rotatable bonds is 2. The third kappa shape index (κ3) is 3.69. The van der Waals surface area contributed by atoms with E-state index in [0.29, 0.717) is 21.5 Å². The molecule has 0 fully saturated rings. The highest BCUT2D eigenvalue weighted by atomic mass is 79.9. The fourth-order valence-corrected chi connectivity index (χ4v) is 1.89. The summed E-state index contributed by atoms with van der Waals surface area (Å²) >= 11 is 3.17. The maximum Gasteiger partial charge on any atom is 0.323 e. The summed E-state index contributed by atoms with van der Waals surface area (Å²) < 4.78 is 13.4. The Bertz CT molecular complexity index is 601. The summed E-state index contributed by atoms with van der Waals surface area (Å²) in [7, 11) is 0. The van der Waals surface area contributed by atoms with Crippen LogP contribution in [0.1, 0.15) is 0 Å². The summed E-state index contributed by atoms with van der Waals surface area (Å²) in [5.41, 5.74) is 7.26. The summed E-state index contributed by atoms with van der Waals surface area (Å²) in [5, 5.41) is 5.24. The van der Waals surface area contributed by atoms with Crippen molar-refractivity contribution in [3.05, 3.63) is 52.8 Å². The molecule has 0 heterocycles. The molecule has 4 N–H and O–H groups in total. The van der Waals surface area contributed by atoms with Gasteiger partial charge in [0, 0.05) is 15.8 Å². The smallest absolute Gasteiger partial charge is 0.323 e. The van der Waals surface area contributed by atoms with E-state index in [9.17, 15) is 9.18 Å². The number of hydrogen-bond acceptors (Lipinski definition) is 2. The number of urea groups is 1. The summed E-state index contributed by atoms with van der Waals surface area (Å²) in [6, 6.07) is 10.3. The molecular formula is C13H11BrFN3O. The number of hydrogen-bond donors (Lipinski definition) is 3. The highest BCUT2D eigenvalue weighted by molar-refractivity contribution is 9.10. The van der Waals surface area contributed by atoms with E-state index in [0.717, 1.165) is 0 Å². The number of halogens is 2. The van der Waals surface area contributed by atoms with Crippen molar-refractivity contribution in [1.82, 2.24) is 0 Å². The number of amides is 2. The van der Waals surface area contributed by atoms with Crippen LogP contribution < -0.4 is 16.4 Å². The Hall–Kier alpha value is -2.08. The molecule has 2 rings (SSSR count). The fourth-order valence-electron chi connectivity index (χ4n) is 1.44. The molecule has 0 saturated carbocycles. The van der Waals surface area contributed by atoms with Crippen LogP contribution in [-0.4, -0.2) is 6.03 Å². The van der Waals surface area contributed by atoms with Crippen LogP contribution in [-0.2, 0) is 0 Å². The molecule has 0 aliphatic rings. The predicted molar refractivity (Wildman–Crippen MR) is 77.6 cm³/mol. The maximum atomic E-state index is 12.9. The number of nitrogens with two attached hydrogens (primary N) is 1. The highest BCUT2D eigenvalue weighted by Gasteiger charge is 2.06. The Morgan fingerprint density at radius 2 is 1.79 bits per heavy atom. The number of benzene rings is 2. The number of carbonyl (C=O) groups is 1. The minimum absolute atomic E-state index is 0.378. The van der Waals surface area contributed by atoms with Gasteiger partial charge in [0.25, 0.3) is 0 Å². The van der Waals surface area contributed by atoms with Crippen molar-refractivity contribution in [2.75, 3.05) is 16.4 Å². The molecule has 2 aromatic rings. The number of nitrogens with one attached hydrogen (secondary N) is 2. The van der Waals surface area contributed by atoms with Crippen LogP contribution in [0.2, 0.25) is 0 Å². The van der Waals surface area contributed by atoms with E-state index in [1.165, 1.54) is 18.2 Å². The van der Waals surface area contributed by atoms with Gasteiger partial charge < -0.3 is 16.4 Å². The molecule has 98 valence electrons. The molecule has 0 saturated heterocycles. The van der Waals surface area contributed by atoms with Gasteiger partial charge in [-0.05, 0) is 58.4 Å². The van der Waals surface area contributed by atoms with E-state index >= 15 is 0 Å². The number of anilines is 3. The van der Waals surface area contributed by atoms with Gasteiger partial charge in [0.15, 0.2) is 0 Å². The van der Waals surface area contributed by atoms with Crippen molar-refractivity contribution in [1.29, 1.82) is 0 Å². The Labute approximate surface area is 117 Å². The predicted octanol–water partition coefficient (Wildman–Crippen LogP) is 3.81. The van der Waals surface area contributed by atoms with Gasteiger partial charge in [-0.3, -0.25) is 0 Å². The van der Waals surface area contributed by atoms with Crippen molar-refractivity contribution >= 4 is 39.0 Å². The lowest BCUT2D eigenvalue weighted by atomic mass is 10.3. The third-order valence-electron chi connectivity index (χ3n) is 2.35. The summed E-state index contributed by atoms with van der Waals surface area (Å²) in [4.78, 5) is 11.7. The van der Waals surface area contributed by atoms with Gasteiger partial charge in [0.2, 0.25) is 0 Å². The third-order valence-corrected chi connectivity index (χ3v) is 3.00. The highest BCUT2D eigenvalue weighted by Crippen LogP contribution is 2.23.